The Balaban J connectivity index is 1.86. The van der Waals surface area contributed by atoms with Gasteiger partial charge in [-0.2, -0.15) is 0 Å². The third-order valence-electron chi connectivity index (χ3n) is 2.59. The monoisotopic (exact) mass is 247 g/mol. The molecule has 0 radical (unpaired) electrons. The number of H-pyrrole nitrogens is 1. The van der Waals surface area contributed by atoms with Gasteiger partial charge >= 0.3 is 0 Å². The average Bonchev–Trinajstić information content (AvgIpc) is 2.78. The van der Waals surface area contributed by atoms with Crippen molar-refractivity contribution in [3.63, 3.8) is 0 Å². The van der Waals surface area contributed by atoms with Gasteiger partial charge in [-0.25, -0.2) is 4.39 Å². The second-order valence-electron chi connectivity index (χ2n) is 3.94. The van der Waals surface area contributed by atoms with E-state index in [9.17, 15) is 9.18 Å². The first-order valence-electron chi connectivity index (χ1n) is 5.62. The zero-order valence-electron chi connectivity index (χ0n) is 9.74. The van der Waals surface area contributed by atoms with E-state index in [1.807, 2.05) is 0 Å². The van der Waals surface area contributed by atoms with Crippen LogP contribution in [0.5, 0.6) is 0 Å². The maximum Gasteiger partial charge on any atom is 0.267 e. The Kier molecular flexibility index (Phi) is 3.62. The minimum atomic E-state index is -0.254. The molecule has 4 nitrogen and oxygen atoms in total. The SMILES string of the molecule is Nc1c[nH]c(C(=O)NCCc2ccccc2F)c1. The number of anilines is 1. The van der Waals surface area contributed by atoms with Crippen LogP contribution in [0.2, 0.25) is 0 Å². The molecule has 1 heterocycles. The summed E-state index contributed by atoms with van der Waals surface area (Å²) in [5, 5.41) is 2.70. The lowest BCUT2D eigenvalue weighted by molar-refractivity contribution is 0.0949. The first kappa shape index (κ1) is 12.2. The minimum absolute atomic E-state index is 0.247. The smallest absolute Gasteiger partial charge is 0.267 e. The fraction of sp³-hybridized carbons (Fsp3) is 0.154. The Morgan fingerprint density at radius 1 is 1.39 bits per heavy atom. The van der Waals surface area contributed by atoms with E-state index in [2.05, 4.69) is 10.3 Å². The summed E-state index contributed by atoms with van der Waals surface area (Å²) in [5.74, 6) is -0.501. The largest absolute Gasteiger partial charge is 0.397 e. The number of nitrogens with two attached hydrogens (primary N) is 1. The van der Waals surface area contributed by atoms with E-state index < -0.39 is 0 Å². The first-order chi connectivity index (χ1) is 8.66. The molecule has 0 saturated carbocycles. The molecular formula is C13H14FN3O. The molecule has 0 fully saturated rings. The highest BCUT2D eigenvalue weighted by atomic mass is 19.1. The van der Waals surface area contributed by atoms with Crippen molar-refractivity contribution in [2.24, 2.45) is 0 Å². The Morgan fingerprint density at radius 2 is 2.17 bits per heavy atom. The Hall–Kier alpha value is -2.30. The molecule has 0 aliphatic rings. The molecule has 1 aromatic carbocycles. The fourth-order valence-electron chi connectivity index (χ4n) is 1.65. The summed E-state index contributed by atoms with van der Waals surface area (Å²) >= 11 is 0. The highest BCUT2D eigenvalue weighted by Crippen LogP contribution is 2.07. The summed E-state index contributed by atoms with van der Waals surface area (Å²) in [6.07, 6.45) is 2.00. The molecule has 0 atom stereocenters. The van der Waals surface area contributed by atoms with Crippen LogP contribution in [0.1, 0.15) is 16.1 Å². The second kappa shape index (κ2) is 5.35. The molecule has 0 saturated heterocycles. The predicted molar refractivity (Wildman–Crippen MR) is 67.6 cm³/mol. The third-order valence-corrected chi connectivity index (χ3v) is 2.59. The van der Waals surface area contributed by atoms with E-state index in [-0.39, 0.29) is 11.7 Å². The fourth-order valence-corrected chi connectivity index (χ4v) is 1.65. The zero-order chi connectivity index (χ0) is 13.0. The van der Waals surface area contributed by atoms with Crippen molar-refractivity contribution in [3.05, 3.63) is 53.6 Å². The normalized spacial score (nSPS) is 10.3. The lowest BCUT2D eigenvalue weighted by atomic mass is 10.1. The van der Waals surface area contributed by atoms with Crippen LogP contribution in [0.15, 0.2) is 36.5 Å². The summed E-state index contributed by atoms with van der Waals surface area (Å²) in [4.78, 5) is 14.4. The number of halogens is 1. The zero-order valence-corrected chi connectivity index (χ0v) is 9.74. The van der Waals surface area contributed by atoms with E-state index in [0.717, 1.165) is 0 Å². The predicted octanol–water partition coefficient (Wildman–Crippen LogP) is 1.71. The Morgan fingerprint density at radius 3 is 2.83 bits per heavy atom. The van der Waals surface area contributed by atoms with Gasteiger partial charge in [0, 0.05) is 18.4 Å². The maximum absolute atomic E-state index is 13.3. The van der Waals surface area contributed by atoms with Gasteiger partial charge in [0.05, 0.1) is 0 Å². The lowest BCUT2D eigenvalue weighted by Crippen LogP contribution is -2.26. The number of hydrogen-bond acceptors (Lipinski definition) is 2. The lowest BCUT2D eigenvalue weighted by Gasteiger charge is -2.04. The van der Waals surface area contributed by atoms with Gasteiger partial charge < -0.3 is 16.0 Å². The number of aromatic amines is 1. The highest BCUT2D eigenvalue weighted by molar-refractivity contribution is 5.93. The maximum atomic E-state index is 13.3. The average molecular weight is 247 g/mol. The number of rotatable bonds is 4. The number of carbonyl (C=O) groups is 1. The van der Waals surface area contributed by atoms with Crippen LogP contribution >= 0.6 is 0 Å². The number of benzene rings is 1. The number of aromatic nitrogens is 1. The molecule has 1 aromatic heterocycles. The number of nitrogens with one attached hydrogen (secondary N) is 2. The van der Waals surface area contributed by atoms with Crippen LogP contribution in [0, 0.1) is 5.82 Å². The molecule has 0 bridgehead atoms. The van der Waals surface area contributed by atoms with Gasteiger partial charge in [0.15, 0.2) is 0 Å². The molecule has 0 aliphatic heterocycles. The van der Waals surface area contributed by atoms with Crippen LogP contribution in [0.4, 0.5) is 10.1 Å². The number of carbonyl (C=O) groups excluding carboxylic acids is 1. The second-order valence-corrected chi connectivity index (χ2v) is 3.94. The number of hydrogen-bond donors (Lipinski definition) is 3. The summed E-state index contributed by atoms with van der Waals surface area (Å²) in [6.45, 7) is 0.374. The van der Waals surface area contributed by atoms with Crippen molar-refractivity contribution >= 4 is 11.6 Å². The molecule has 1 amide bonds. The molecule has 0 unspecified atom stereocenters. The molecule has 4 N–H and O–H groups in total. The van der Waals surface area contributed by atoms with Crippen molar-refractivity contribution in [2.45, 2.75) is 6.42 Å². The summed E-state index contributed by atoms with van der Waals surface area (Å²) in [5.41, 5.74) is 6.99. The van der Waals surface area contributed by atoms with Crippen LogP contribution < -0.4 is 11.1 Å². The Bertz CT molecular complexity index is 551. The van der Waals surface area contributed by atoms with Crippen molar-refractivity contribution in [1.29, 1.82) is 0 Å². The quantitative estimate of drug-likeness (QED) is 0.769. The molecule has 18 heavy (non-hydrogen) atoms. The van der Waals surface area contributed by atoms with Gasteiger partial charge in [0.1, 0.15) is 11.5 Å². The number of amides is 1. The van der Waals surface area contributed by atoms with Crippen LogP contribution in [-0.4, -0.2) is 17.4 Å². The van der Waals surface area contributed by atoms with E-state index in [0.29, 0.717) is 29.9 Å². The minimum Gasteiger partial charge on any atom is -0.397 e. The summed E-state index contributed by atoms with van der Waals surface area (Å²) < 4.78 is 13.3. The van der Waals surface area contributed by atoms with Crippen LogP contribution in [0.3, 0.4) is 0 Å². The number of nitrogen functional groups attached to an aromatic ring is 1. The molecule has 0 aliphatic carbocycles. The van der Waals surface area contributed by atoms with Gasteiger partial charge in [-0.05, 0) is 24.1 Å². The molecule has 0 spiro atoms. The van der Waals surface area contributed by atoms with Gasteiger partial charge in [0.25, 0.3) is 5.91 Å². The van der Waals surface area contributed by atoms with Crippen LogP contribution in [-0.2, 0) is 6.42 Å². The van der Waals surface area contributed by atoms with E-state index in [4.69, 9.17) is 5.73 Å². The highest BCUT2D eigenvalue weighted by Gasteiger charge is 2.07. The summed E-state index contributed by atoms with van der Waals surface area (Å²) in [6, 6.07) is 8.07. The third kappa shape index (κ3) is 2.88. The van der Waals surface area contributed by atoms with Crippen molar-refractivity contribution in [1.82, 2.24) is 10.3 Å². The standard InChI is InChI=1S/C13H14FN3O/c14-11-4-2-1-3-9(11)5-6-16-13(18)12-7-10(15)8-17-12/h1-4,7-8,17H,5-6,15H2,(H,16,18). The topological polar surface area (TPSA) is 70.9 Å². The van der Waals surface area contributed by atoms with Gasteiger partial charge in [-0.1, -0.05) is 18.2 Å². The Labute approximate surface area is 104 Å². The molecule has 2 aromatic rings. The summed E-state index contributed by atoms with van der Waals surface area (Å²) in [7, 11) is 0. The van der Waals surface area contributed by atoms with E-state index >= 15 is 0 Å². The van der Waals surface area contributed by atoms with E-state index in [1.165, 1.54) is 6.07 Å². The van der Waals surface area contributed by atoms with Crippen molar-refractivity contribution < 1.29 is 9.18 Å². The van der Waals surface area contributed by atoms with Crippen molar-refractivity contribution in [2.75, 3.05) is 12.3 Å². The molecule has 5 heteroatoms. The van der Waals surface area contributed by atoms with Gasteiger partial charge in [0.2, 0.25) is 0 Å². The van der Waals surface area contributed by atoms with Gasteiger partial charge in [-0.15, -0.1) is 0 Å². The first-order valence-corrected chi connectivity index (χ1v) is 5.62. The van der Waals surface area contributed by atoms with E-state index in [1.54, 1.807) is 30.5 Å². The molecule has 2 rings (SSSR count). The van der Waals surface area contributed by atoms with Crippen molar-refractivity contribution in [3.8, 4) is 0 Å². The van der Waals surface area contributed by atoms with Crippen LogP contribution in [0.25, 0.3) is 0 Å². The van der Waals surface area contributed by atoms with Gasteiger partial charge in [-0.3, -0.25) is 4.79 Å². The molecular weight excluding hydrogens is 233 g/mol. The molecule has 94 valence electrons.